The van der Waals surface area contributed by atoms with Gasteiger partial charge in [-0.25, -0.2) is 4.90 Å². The molecule has 3 amide bonds. The molecule has 0 saturated carbocycles. The molecule has 4 aliphatic rings. The van der Waals surface area contributed by atoms with Crippen molar-refractivity contribution in [1.82, 2.24) is 4.90 Å². The Balaban J connectivity index is 1.80. The Bertz CT molecular complexity index is 682. The van der Waals surface area contributed by atoms with Crippen LogP contribution in [0.4, 0.5) is 5.69 Å². The molecule has 5 heteroatoms. The van der Waals surface area contributed by atoms with E-state index in [1.807, 2.05) is 12.1 Å². The number of piperidine rings is 1. The van der Waals surface area contributed by atoms with Crippen molar-refractivity contribution < 1.29 is 14.4 Å². The molecule has 106 valence electrons. The van der Waals surface area contributed by atoms with Crippen LogP contribution in [-0.2, 0) is 14.4 Å². The Morgan fingerprint density at radius 2 is 1.52 bits per heavy atom. The zero-order valence-corrected chi connectivity index (χ0v) is 11.5. The number of nitrogens with zero attached hydrogens (tertiary/aromatic N) is 2. The highest BCUT2D eigenvalue weighted by atomic mass is 16.2. The van der Waals surface area contributed by atoms with E-state index in [2.05, 4.69) is 0 Å². The van der Waals surface area contributed by atoms with Crippen LogP contribution in [0.2, 0.25) is 0 Å². The monoisotopic (exact) mass is 282 g/mol. The summed E-state index contributed by atoms with van der Waals surface area (Å²) in [5.74, 6) is -2.02. The fourth-order valence-corrected chi connectivity index (χ4v) is 3.74. The van der Waals surface area contributed by atoms with Crippen molar-refractivity contribution in [2.75, 3.05) is 11.9 Å². The van der Waals surface area contributed by atoms with Crippen molar-refractivity contribution in [3.05, 3.63) is 42.5 Å². The van der Waals surface area contributed by atoms with E-state index in [1.165, 1.54) is 4.90 Å². The molecule has 0 radical (unpaired) electrons. The van der Waals surface area contributed by atoms with Crippen LogP contribution >= 0.6 is 0 Å². The number of hydrogen-bond acceptors (Lipinski definition) is 3. The Labute approximate surface area is 121 Å². The van der Waals surface area contributed by atoms with Crippen LogP contribution in [0.5, 0.6) is 0 Å². The molecule has 21 heavy (non-hydrogen) atoms. The highest BCUT2D eigenvalue weighted by Gasteiger charge is 2.61. The number of imide groups is 1. The van der Waals surface area contributed by atoms with Crippen LogP contribution in [-0.4, -0.2) is 35.7 Å². The van der Waals surface area contributed by atoms with Gasteiger partial charge in [0.2, 0.25) is 17.7 Å². The van der Waals surface area contributed by atoms with Gasteiger partial charge in [-0.3, -0.25) is 14.4 Å². The predicted molar refractivity (Wildman–Crippen MR) is 75.1 cm³/mol. The highest BCUT2D eigenvalue weighted by Crippen LogP contribution is 2.46. The molecule has 0 unspecified atom stereocenters. The summed E-state index contributed by atoms with van der Waals surface area (Å²) in [6.07, 6.45) is 3.67. The van der Waals surface area contributed by atoms with Crippen LogP contribution in [0.15, 0.2) is 42.5 Å². The number of carbonyl (C=O) groups excluding carboxylic acids is 3. The molecule has 1 aromatic rings. The minimum atomic E-state index is -0.545. The predicted octanol–water partition coefficient (Wildman–Crippen LogP) is 0.819. The minimum Gasteiger partial charge on any atom is -0.338 e. The maximum Gasteiger partial charge on any atom is 0.240 e. The van der Waals surface area contributed by atoms with E-state index in [-0.39, 0.29) is 23.8 Å². The Kier molecular flexibility index (Phi) is 2.37. The van der Waals surface area contributed by atoms with E-state index >= 15 is 0 Å². The highest BCUT2D eigenvalue weighted by molar-refractivity contribution is 6.24. The van der Waals surface area contributed by atoms with Gasteiger partial charge in [0, 0.05) is 7.05 Å². The molecule has 5 nitrogen and oxygen atoms in total. The molecule has 4 atom stereocenters. The fraction of sp³-hybridized carbons (Fsp3) is 0.312. The largest absolute Gasteiger partial charge is 0.338 e. The lowest BCUT2D eigenvalue weighted by atomic mass is 9.70. The first-order chi connectivity index (χ1) is 10.1. The number of hydrogen-bond donors (Lipinski definition) is 0. The number of likely N-dealkylation sites (N-methyl/N-ethyl adjacent to an activating group) is 1. The summed E-state index contributed by atoms with van der Waals surface area (Å²) < 4.78 is 0. The van der Waals surface area contributed by atoms with E-state index in [1.54, 1.807) is 42.3 Å². The standard InChI is InChI=1S/C16H14N2O3/c1-17-11-8-7-10(14(17)19)12-13(11)16(21)18(15(12)20)9-5-3-2-4-6-9/h2-8,10-13H,1H3/t10-,11+,12+,13+/m1/s1. The van der Waals surface area contributed by atoms with Gasteiger partial charge >= 0.3 is 0 Å². The number of rotatable bonds is 1. The summed E-state index contributed by atoms with van der Waals surface area (Å²) in [5.41, 5.74) is 0.580. The van der Waals surface area contributed by atoms with E-state index < -0.39 is 17.8 Å². The molecule has 2 fully saturated rings. The summed E-state index contributed by atoms with van der Waals surface area (Å²) in [6, 6.07) is 8.61. The zero-order chi connectivity index (χ0) is 14.7. The van der Waals surface area contributed by atoms with Gasteiger partial charge in [0.1, 0.15) is 0 Å². The van der Waals surface area contributed by atoms with Crippen LogP contribution in [0.3, 0.4) is 0 Å². The smallest absolute Gasteiger partial charge is 0.240 e. The van der Waals surface area contributed by atoms with Crippen molar-refractivity contribution in [3.8, 4) is 0 Å². The van der Waals surface area contributed by atoms with E-state index in [0.29, 0.717) is 5.69 Å². The lowest BCUT2D eigenvalue weighted by Gasteiger charge is -2.44. The van der Waals surface area contributed by atoms with Crippen LogP contribution in [0, 0.1) is 17.8 Å². The first-order valence-corrected chi connectivity index (χ1v) is 6.99. The van der Waals surface area contributed by atoms with Crippen molar-refractivity contribution >= 4 is 23.4 Å². The number of fused-ring (bicyclic) bond motifs is 1. The lowest BCUT2D eigenvalue weighted by Crippen LogP contribution is -2.57. The third-order valence-corrected chi connectivity index (χ3v) is 4.76. The summed E-state index contributed by atoms with van der Waals surface area (Å²) in [7, 11) is 1.70. The van der Waals surface area contributed by atoms with Gasteiger partial charge in [-0.15, -0.1) is 0 Å². The number of para-hydroxylation sites is 1. The van der Waals surface area contributed by atoms with Gasteiger partial charge in [0.05, 0.1) is 29.5 Å². The average molecular weight is 282 g/mol. The van der Waals surface area contributed by atoms with E-state index in [4.69, 9.17) is 0 Å². The zero-order valence-electron chi connectivity index (χ0n) is 11.5. The van der Waals surface area contributed by atoms with Crippen molar-refractivity contribution in [2.24, 2.45) is 17.8 Å². The molecule has 0 aromatic heterocycles. The quantitative estimate of drug-likeness (QED) is 0.566. The van der Waals surface area contributed by atoms with Gasteiger partial charge < -0.3 is 4.90 Å². The van der Waals surface area contributed by atoms with Crippen LogP contribution in [0.25, 0.3) is 0 Å². The van der Waals surface area contributed by atoms with Gasteiger partial charge in [0.25, 0.3) is 0 Å². The Hall–Kier alpha value is -2.43. The second kappa shape index (κ2) is 4.04. The van der Waals surface area contributed by atoms with E-state index in [9.17, 15) is 14.4 Å². The topological polar surface area (TPSA) is 57.7 Å². The summed E-state index contributed by atoms with van der Waals surface area (Å²) in [6.45, 7) is 0. The molecule has 5 rings (SSSR count). The third kappa shape index (κ3) is 1.43. The summed E-state index contributed by atoms with van der Waals surface area (Å²) in [5, 5.41) is 0. The molecule has 2 saturated heterocycles. The van der Waals surface area contributed by atoms with Crippen molar-refractivity contribution in [3.63, 3.8) is 0 Å². The molecule has 1 aliphatic carbocycles. The van der Waals surface area contributed by atoms with E-state index in [0.717, 1.165) is 0 Å². The molecule has 3 heterocycles. The summed E-state index contributed by atoms with van der Waals surface area (Å²) >= 11 is 0. The molecule has 0 spiro atoms. The van der Waals surface area contributed by atoms with Gasteiger partial charge in [-0.2, -0.15) is 0 Å². The number of benzene rings is 1. The lowest BCUT2D eigenvalue weighted by molar-refractivity contribution is -0.148. The SMILES string of the molecule is CN1C(=O)[C@@H]2C=C[C@H]1[C@@H]1C(=O)N(c3ccccc3)C(=O)[C@H]12. The number of carbonyl (C=O) groups is 3. The van der Waals surface area contributed by atoms with Crippen LogP contribution in [0.1, 0.15) is 0 Å². The fourth-order valence-electron chi connectivity index (χ4n) is 3.74. The maximum atomic E-state index is 12.7. The molecule has 3 aliphatic heterocycles. The minimum absolute atomic E-state index is 0.0696. The molecular weight excluding hydrogens is 268 g/mol. The van der Waals surface area contributed by atoms with Gasteiger partial charge in [0.15, 0.2) is 0 Å². The Morgan fingerprint density at radius 1 is 0.857 bits per heavy atom. The first kappa shape index (κ1) is 12.3. The second-order valence-corrected chi connectivity index (χ2v) is 5.75. The van der Waals surface area contributed by atoms with Crippen LogP contribution < -0.4 is 4.90 Å². The average Bonchev–Trinajstić information content (AvgIpc) is 2.78. The molecule has 2 bridgehead atoms. The summed E-state index contributed by atoms with van der Waals surface area (Å²) in [4.78, 5) is 40.5. The molecule has 1 aromatic carbocycles. The van der Waals surface area contributed by atoms with Gasteiger partial charge in [-0.05, 0) is 12.1 Å². The van der Waals surface area contributed by atoms with Gasteiger partial charge in [-0.1, -0.05) is 30.4 Å². The normalized spacial score (nSPS) is 33.9. The van der Waals surface area contributed by atoms with Crippen molar-refractivity contribution in [1.29, 1.82) is 0 Å². The number of amides is 3. The molecular formula is C16H14N2O3. The van der Waals surface area contributed by atoms with Crippen molar-refractivity contribution in [2.45, 2.75) is 6.04 Å². The molecule has 0 N–H and O–H groups in total. The number of anilines is 1. The second-order valence-electron chi connectivity index (χ2n) is 5.75. The maximum absolute atomic E-state index is 12.7. The third-order valence-electron chi connectivity index (χ3n) is 4.76. The first-order valence-electron chi connectivity index (χ1n) is 6.99. The Morgan fingerprint density at radius 3 is 2.24 bits per heavy atom.